The number of anilines is 2. The fourth-order valence-electron chi connectivity index (χ4n) is 2.56. The highest BCUT2D eigenvalue weighted by Gasteiger charge is 2.21. The molecule has 2 amide bonds. The van der Waals surface area contributed by atoms with Crippen LogP contribution in [0.2, 0.25) is 0 Å². The summed E-state index contributed by atoms with van der Waals surface area (Å²) in [5.74, 6) is -1.90. The third-order valence-corrected chi connectivity index (χ3v) is 4.79. The second-order valence-electron chi connectivity index (χ2n) is 5.61. The Morgan fingerprint density at radius 1 is 1.12 bits per heavy atom. The van der Waals surface area contributed by atoms with E-state index in [1.165, 1.54) is 6.07 Å². The van der Waals surface area contributed by atoms with Crippen LogP contribution in [0.25, 0.3) is 0 Å². The van der Waals surface area contributed by atoms with E-state index in [1.807, 2.05) is 0 Å². The van der Waals surface area contributed by atoms with E-state index in [-0.39, 0.29) is 17.6 Å². The van der Waals surface area contributed by atoms with Crippen molar-refractivity contribution in [3.05, 3.63) is 54.1 Å². The summed E-state index contributed by atoms with van der Waals surface area (Å²) in [6.07, 6.45) is 1.43. The number of benzene rings is 2. The first-order chi connectivity index (χ1) is 12.0. The summed E-state index contributed by atoms with van der Waals surface area (Å²) in [6.45, 7) is 0.718. The van der Waals surface area contributed by atoms with Gasteiger partial charge in [-0.15, -0.1) is 11.8 Å². The number of thioether (sulfide) groups is 1. The highest BCUT2D eigenvalue weighted by atomic mass is 32.2. The van der Waals surface area contributed by atoms with Crippen LogP contribution in [0.5, 0.6) is 0 Å². The van der Waals surface area contributed by atoms with Gasteiger partial charge < -0.3 is 10.2 Å². The van der Waals surface area contributed by atoms with Gasteiger partial charge in [-0.25, -0.2) is 8.78 Å². The lowest BCUT2D eigenvalue weighted by molar-refractivity contribution is -0.117. The SMILES string of the molecule is O=C(CSc1ccc(F)c(F)c1)Nc1ccc(N2CCCC2=O)cc1. The van der Waals surface area contributed by atoms with Crippen molar-refractivity contribution in [1.82, 2.24) is 0 Å². The van der Waals surface area contributed by atoms with Crippen LogP contribution in [-0.4, -0.2) is 24.1 Å². The van der Waals surface area contributed by atoms with Gasteiger partial charge in [-0.3, -0.25) is 9.59 Å². The Morgan fingerprint density at radius 3 is 2.52 bits per heavy atom. The molecule has 1 heterocycles. The van der Waals surface area contributed by atoms with Crippen LogP contribution < -0.4 is 10.2 Å². The lowest BCUT2D eigenvalue weighted by Crippen LogP contribution is -2.23. The average molecular weight is 362 g/mol. The second-order valence-corrected chi connectivity index (χ2v) is 6.66. The lowest BCUT2D eigenvalue weighted by atomic mass is 10.2. The van der Waals surface area contributed by atoms with Crippen molar-refractivity contribution < 1.29 is 18.4 Å². The maximum absolute atomic E-state index is 13.1. The molecule has 0 unspecified atom stereocenters. The molecule has 0 bridgehead atoms. The molecule has 0 aliphatic carbocycles. The van der Waals surface area contributed by atoms with Gasteiger partial charge >= 0.3 is 0 Å². The Labute approximate surface area is 148 Å². The summed E-state index contributed by atoms with van der Waals surface area (Å²) in [5.41, 5.74) is 1.43. The number of nitrogens with zero attached hydrogens (tertiary/aromatic N) is 1. The molecule has 3 rings (SSSR count). The number of carbonyl (C=O) groups excluding carboxylic acids is 2. The van der Waals surface area contributed by atoms with Crippen molar-refractivity contribution in [2.75, 3.05) is 22.5 Å². The maximum atomic E-state index is 13.1. The van der Waals surface area contributed by atoms with E-state index in [4.69, 9.17) is 0 Å². The zero-order valence-electron chi connectivity index (χ0n) is 13.3. The van der Waals surface area contributed by atoms with Crippen molar-refractivity contribution in [2.45, 2.75) is 17.7 Å². The first-order valence-electron chi connectivity index (χ1n) is 7.81. The van der Waals surface area contributed by atoms with Gasteiger partial charge in [0.05, 0.1) is 5.75 Å². The van der Waals surface area contributed by atoms with E-state index in [0.717, 1.165) is 42.5 Å². The molecule has 1 aliphatic rings. The van der Waals surface area contributed by atoms with Crippen molar-refractivity contribution in [3.8, 4) is 0 Å². The monoisotopic (exact) mass is 362 g/mol. The van der Waals surface area contributed by atoms with Gasteiger partial charge in [-0.05, 0) is 48.9 Å². The summed E-state index contributed by atoms with van der Waals surface area (Å²) >= 11 is 1.12. The molecule has 0 atom stereocenters. The third-order valence-electron chi connectivity index (χ3n) is 3.80. The van der Waals surface area contributed by atoms with E-state index in [1.54, 1.807) is 29.2 Å². The maximum Gasteiger partial charge on any atom is 0.234 e. The lowest BCUT2D eigenvalue weighted by Gasteiger charge is -2.16. The Hall–Kier alpha value is -2.41. The Kier molecular flexibility index (Phi) is 5.33. The topological polar surface area (TPSA) is 49.4 Å². The van der Waals surface area contributed by atoms with Crippen molar-refractivity contribution in [2.24, 2.45) is 0 Å². The Bertz CT molecular complexity index is 796. The van der Waals surface area contributed by atoms with Crippen LogP contribution in [0.3, 0.4) is 0 Å². The number of amides is 2. The average Bonchev–Trinajstić information content (AvgIpc) is 3.03. The molecule has 1 fully saturated rings. The first-order valence-corrected chi connectivity index (χ1v) is 8.79. The predicted molar refractivity (Wildman–Crippen MR) is 93.7 cm³/mol. The smallest absolute Gasteiger partial charge is 0.234 e. The van der Waals surface area contributed by atoms with E-state index in [0.29, 0.717) is 17.0 Å². The molecular weight excluding hydrogens is 346 g/mol. The number of halogens is 2. The summed E-state index contributed by atoms with van der Waals surface area (Å²) in [5, 5.41) is 2.74. The molecule has 0 aromatic heterocycles. The molecule has 7 heteroatoms. The van der Waals surface area contributed by atoms with E-state index >= 15 is 0 Å². The molecule has 0 saturated carbocycles. The molecule has 2 aromatic rings. The number of hydrogen-bond acceptors (Lipinski definition) is 3. The summed E-state index contributed by atoms with van der Waals surface area (Å²) in [7, 11) is 0. The molecule has 2 aromatic carbocycles. The molecule has 1 saturated heterocycles. The zero-order chi connectivity index (χ0) is 17.8. The van der Waals surface area contributed by atoms with E-state index < -0.39 is 11.6 Å². The third kappa shape index (κ3) is 4.36. The Balaban J connectivity index is 1.54. The fourth-order valence-corrected chi connectivity index (χ4v) is 3.28. The number of hydrogen-bond donors (Lipinski definition) is 1. The van der Waals surface area contributed by atoms with Crippen LogP contribution >= 0.6 is 11.8 Å². The van der Waals surface area contributed by atoms with Crippen LogP contribution in [0.4, 0.5) is 20.2 Å². The van der Waals surface area contributed by atoms with Crippen LogP contribution in [0, 0.1) is 11.6 Å². The van der Waals surface area contributed by atoms with Gasteiger partial charge in [0, 0.05) is 29.2 Å². The standard InChI is InChI=1S/C18H16F2N2O2S/c19-15-8-7-14(10-16(15)20)25-11-17(23)21-12-3-5-13(6-4-12)22-9-1-2-18(22)24/h3-8,10H,1-2,9,11H2,(H,21,23). The molecule has 0 spiro atoms. The Morgan fingerprint density at radius 2 is 1.88 bits per heavy atom. The van der Waals surface area contributed by atoms with Crippen molar-refractivity contribution >= 4 is 35.0 Å². The summed E-state index contributed by atoms with van der Waals surface area (Å²) in [4.78, 5) is 25.9. The molecule has 0 radical (unpaired) electrons. The molecule has 1 N–H and O–H groups in total. The molecule has 4 nitrogen and oxygen atoms in total. The van der Waals surface area contributed by atoms with Gasteiger partial charge in [0.2, 0.25) is 11.8 Å². The molecular formula is C18H16F2N2O2S. The van der Waals surface area contributed by atoms with E-state index in [2.05, 4.69) is 5.32 Å². The van der Waals surface area contributed by atoms with Crippen LogP contribution in [0.1, 0.15) is 12.8 Å². The van der Waals surface area contributed by atoms with Gasteiger partial charge in [0.15, 0.2) is 11.6 Å². The van der Waals surface area contributed by atoms with Gasteiger partial charge in [0.25, 0.3) is 0 Å². The van der Waals surface area contributed by atoms with Gasteiger partial charge in [-0.1, -0.05) is 0 Å². The number of nitrogens with one attached hydrogen (secondary N) is 1. The minimum atomic E-state index is -0.933. The summed E-state index contributed by atoms with van der Waals surface area (Å²) < 4.78 is 26.0. The quantitative estimate of drug-likeness (QED) is 0.823. The van der Waals surface area contributed by atoms with Crippen molar-refractivity contribution in [3.63, 3.8) is 0 Å². The largest absolute Gasteiger partial charge is 0.325 e. The van der Waals surface area contributed by atoms with E-state index in [9.17, 15) is 18.4 Å². The first kappa shape index (κ1) is 17.4. The minimum Gasteiger partial charge on any atom is -0.325 e. The normalized spacial score (nSPS) is 14.0. The second kappa shape index (κ2) is 7.65. The van der Waals surface area contributed by atoms with Crippen LogP contribution in [0.15, 0.2) is 47.4 Å². The van der Waals surface area contributed by atoms with Crippen molar-refractivity contribution in [1.29, 1.82) is 0 Å². The summed E-state index contributed by atoms with van der Waals surface area (Å²) in [6, 6.07) is 10.6. The zero-order valence-corrected chi connectivity index (χ0v) is 14.1. The minimum absolute atomic E-state index is 0.0808. The molecule has 1 aliphatic heterocycles. The van der Waals surface area contributed by atoms with Crippen LogP contribution in [-0.2, 0) is 9.59 Å². The predicted octanol–water partition coefficient (Wildman–Crippen LogP) is 3.82. The van der Waals surface area contributed by atoms with Gasteiger partial charge in [-0.2, -0.15) is 0 Å². The van der Waals surface area contributed by atoms with Gasteiger partial charge in [0.1, 0.15) is 0 Å². The number of carbonyl (C=O) groups is 2. The fraction of sp³-hybridized carbons (Fsp3) is 0.222. The highest BCUT2D eigenvalue weighted by Crippen LogP contribution is 2.24. The number of rotatable bonds is 5. The molecule has 25 heavy (non-hydrogen) atoms. The highest BCUT2D eigenvalue weighted by molar-refractivity contribution is 8.00. The molecule has 130 valence electrons.